The lowest BCUT2D eigenvalue weighted by atomic mass is 9.50. The molecule has 0 aromatic carbocycles. The number of aliphatic hydroxyl groups is 2. The topological polar surface area (TPSA) is 117 Å². The van der Waals surface area contributed by atoms with Gasteiger partial charge in [0.1, 0.15) is 6.10 Å². The zero-order chi connectivity index (χ0) is 26.6. The minimum atomic E-state index is -1.14. The van der Waals surface area contributed by atoms with Crippen molar-refractivity contribution in [3.63, 3.8) is 0 Å². The zero-order valence-electron chi connectivity index (χ0n) is 22.2. The molecule has 36 heavy (non-hydrogen) atoms. The van der Waals surface area contributed by atoms with Gasteiger partial charge >= 0.3 is 5.97 Å². The molecule has 2 fully saturated rings. The Morgan fingerprint density at radius 1 is 1.11 bits per heavy atom. The maximum absolute atomic E-state index is 13.8. The van der Waals surface area contributed by atoms with Crippen LogP contribution in [0.5, 0.6) is 0 Å². The summed E-state index contributed by atoms with van der Waals surface area (Å²) in [6, 6.07) is 0. The molecule has 2 N–H and O–H groups in total. The van der Waals surface area contributed by atoms with E-state index in [2.05, 4.69) is 4.90 Å². The van der Waals surface area contributed by atoms with Crippen LogP contribution in [0.25, 0.3) is 0 Å². The molecule has 7 atom stereocenters. The SMILES string of the molecule is COC[C@H]1OC(=O)/C(=C\N(C)CCCN(C)C)C2C(=O)C(=O)C3=C([C@H](O)C[C@@]4(C)C3CC[C@@H]4O)[C@]21C. The van der Waals surface area contributed by atoms with Gasteiger partial charge in [-0.15, -0.1) is 0 Å². The molecule has 1 heterocycles. The number of ketones is 2. The van der Waals surface area contributed by atoms with Gasteiger partial charge in [-0.05, 0) is 57.8 Å². The Labute approximate surface area is 213 Å². The van der Waals surface area contributed by atoms with Crippen LogP contribution in [-0.4, -0.2) is 104 Å². The number of esters is 1. The molecule has 0 spiro atoms. The lowest BCUT2D eigenvalue weighted by molar-refractivity contribution is -0.172. The van der Waals surface area contributed by atoms with Crippen LogP contribution < -0.4 is 0 Å². The van der Waals surface area contributed by atoms with Gasteiger partial charge in [0.25, 0.3) is 0 Å². The van der Waals surface area contributed by atoms with Crippen LogP contribution in [0.15, 0.2) is 22.9 Å². The van der Waals surface area contributed by atoms with E-state index in [1.54, 1.807) is 6.20 Å². The van der Waals surface area contributed by atoms with Crippen molar-refractivity contribution in [2.24, 2.45) is 22.7 Å². The highest BCUT2D eigenvalue weighted by Gasteiger charge is 2.66. The first kappa shape index (κ1) is 27.0. The summed E-state index contributed by atoms with van der Waals surface area (Å²) >= 11 is 0. The van der Waals surface area contributed by atoms with Crippen molar-refractivity contribution in [2.45, 2.75) is 57.8 Å². The highest BCUT2D eigenvalue weighted by atomic mass is 16.6. The summed E-state index contributed by atoms with van der Waals surface area (Å²) in [5.74, 6) is -3.35. The highest BCUT2D eigenvalue weighted by molar-refractivity contribution is 6.46. The molecular weight excluding hydrogens is 464 g/mol. The number of hydrogen-bond donors (Lipinski definition) is 2. The van der Waals surface area contributed by atoms with Crippen molar-refractivity contribution in [3.05, 3.63) is 22.9 Å². The molecule has 0 aromatic rings. The van der Waals surface area contributed by atoms with E-state index in [1.807, 2.05) is 39.9 Å². The van der Waals surface area contributed by atoms with E-state index in [0.29, 0.717) is 30.5 Å². The summed E-state index contributed by atoms with van der Waals surface area (Å²) in [5.41, 5.74) is -0.910. The van der Waals surface area contributed by atoms with Crippen molar-refractivity contribution < 1.29 is 34.1 Å². The first-order valence-electron chi connectivity index (χ1n) is 12.8. The minimum Gasteiger partial charge on any atom is -0.456 e. The van der Waals surface area contributed by atoms with Gasteiger partial charge in [-0.25, -0.2) is 4.79 Å². The van der Waals surface area contributed by atoms with Crippen molar-refractivity contribution in [1.29, 1.82) is 0 Å². The molecule has 9 nitrogen and oxygen atoms in total. The number of methoxy groups -OCH3 is 1. The fraction of sp³-hybridized carbons (Fsp3) is 0.741. The van der Waals surface area contributed by atoms with Crippen LogP contribution in [0, 0.1) is 22.7 Å². The number of carbonyl (C=O) groups excluding carboxylic acids is 3. The molecule has 2 unspecified atom stereocenters. The maximum Gasteiger partial charge on any atom is 0.336 e. The number of allylic oxidation sites excluding steroid dienone is 1. The van der Waals surface area contributed by atoms with Crippen LogP contribution in [0.1, 0.15) is 39.5 Å². The van der Waals surface area contributed by atoms with E-state index in [1.165, 1.54) is 7.11 Å². The molecule has 1 saturated heterocycles. The van der Waals surface area contributed by atoms with E-state index in [4.69, 9.17) is 9.47 Å². The molecule has 4 rings (SSSR count). The van der Waals surface area contributed by atoms with Gasteiger partial charge in [0, 0.05) is 43.3 Å². The van der Waals surface area contributed by atoms with Gasteiger partial charge in [0.05, 0.1) is 30.3 Å². The molecule has 0 aromatic heterocycles. The van der Waals surface area contributed by atoms with E-state index >= 15 is 0 Å². The summed E-state index contributed by atoms with van der Waals surface area (Å²) in [4.78, 5) is 44.7. The second-order valence-electron chi connectivity index (χ2n) is 11.7. The van der Waals surface area contributed by atoms with Gasteiger partial charge in [0.15, 0.2) is 0 Å². The highest BCUT2D eigenvalue weighted by Crippen LogP contribution is 2.62. The van der Waals surface area contributed by atoms with Crippen LogP contribution >= 0.6 is 0 Å². The molecule has 200 valence electrons. The van der Waals surface area contributed by atoms with E-state index < -0.39 is 52.6 Å². The second kappa shape index (κ2) is 9.67. The predicted octanol–water partition coefficient (Wildman–Crippen LogP) is 0.938. The summed E-state index contributed by atoms with van der Waals surface area (Å²) in [7, 11) is 7.29. The average molecular weight is 505 g/mol. The summed E-state index contributed by atoms with van der Waals surface area (Å²) < 4.78 is 11.3. The molecule has 0 radical (unpaired) electrons. The summed E-state index contributed by atoms with van der Waals surface area (Å²) in [6.07, 6.45) is 1.26. The quantitative estimate of drug-likeness (QED) is 0.297. The third-order valence-corrected chi connectivity index (χ3v) is 9.06. The maximum atomic E-state index is 13.8. The Balaban J connectivity index is 1.84. The van der Waals surface area contributed by atoms with Crippen molar-refractivity contribution in [3.8, 4) is 0 Å². The Bertz CT molecular complexity index is 1000. The minimum absolute atomic E-state index is 0.0280. The van der Waals surface area contributed by atoms with Gasteiger partial charge < -0.3 is 29.5 Å². The summed E-state index contributed by atoms with van der Waals surface area (Å²) in [5, 5.41) is 22.2. The molecule has 0 bridgehead atoms. The zero-order valence-corrected chi connectivity index (χ0v) is 22.2. The van der Waals surface area contributed by atoms with Gasteiger partial charge in [-0.2, -0.15) is 0 Å². The van der Waals surface area contributed by atoms with E-state index in [0.717, 1.165) is 13.0 Å². The molecule has 9 heteroatoms. The molecular formula is C27H40N2O7. The third-order valence-electron chi connectivity index (χ3n) is 9.06. The van der Waals surface area contributed by atoms with Crippen LogP contribution in [0.2, 0.25) is 0 Å². The predicted molar refractivity (Wildman–Crippen MR) is 132 cm³/mol. The van der Waals surface area contributed by atoms with Gasteiger partial charge in [-0.1, -0.05) is 13.8 Å². The van der Waals surface area contributed by atoms with Crippen LogP contribution in [0.3, 0.4) is 0 Å². The van der Waals surface area contributed by atoms with Crippen LogP contribution in [0.4, 0.5) is 0 Å². The standard InChI is InChI=1S/C27H40N2O7/c1-26-12-17(30)22-20(16(26)8-9-18(26)31)23(32)24(33)21-15(13-29(5)11-7-10-28(3)4)25(34)36-19(14-35-6)27(21,22)2/h13,16-19,21,30-31H,7-12,14H2,1-6H3/b15-13-/t16?,17-,18+,19-,21?,26+,27+/m1/s1. The number of nitrogens with zero attached hydrogens (tertiary/aromatic N) is 2. The van der Waals surface area contributed by atoms with Gasteiger partial charge in [-0.3, -0.25) is 9.59 Å². The monoisotopic (exact) mass is 504 g/mol. The van der Waals surface area contributed by atoms with Gasteiger partial charge in [0.2, 0.25) is 11.6 Å². The van der Waals surface area contributed by atoms with Crippen LogP contribution in [-0.2, 0) is 23.9 Å². The molecule has 3 aliphatic carbocycles. The number of Topliss-reactive ketones (excluding diaryl/α,β-unsaturated/α-hetero) is 2. The second-order valence-corrected chi connectivity index (χ2v) is 11.7. The first-order valence-corrected chi connectivity index (χ1v) is 12.8. The Morgan fingerprint density at radius 3 is 2.44 bits per heavy atom. The number of ether oxygens (including phenoxy) is 2. The number of hydrogen-bond acceptors (Lipinski definition) is 9. The molecule has 1 saturated carbocycles. The van der Waals surface area contributed by atoms with E-state index in [9.17, 15) is 24.6 Å². The number of cyclic esters (lactones) is 1. The third kappa shape index (κ3) is 4.04. The molecule has 0 amide bonds. The Hall–Kier alpha value is -2.07. The smallest absolute Gasteiger partial charge is 0.336 e. The first-order chi connectivity index (χ1) is 16.9. The lowest BCUT2D eigenvalue weighted by Crippen LogP contribution is -2.62. The van der Waals surface area contributed by atoms with Crippen molar-refractivity contribution in [1.82, 2.24) is 9.80 Å². The van der Waals surface area contributed by atoms with E-state index in [-0.39, 0.29) is 24.5 Å². The fourth-order valence-corrected chi connectivity index (χ4v) is 7.16. The average Bonchev–Trinajstić information content (AvgIpc) is 3.08. The summed E-state index contributed by atoms with van der Waals surface area (Å²) in [6.45, 7) is 5.23. The fourth-order valence-electron chi connectivity index (χ4n) is 7.16. The largest absolute Gasteiger partial charge is 0.456 e. The Kier molecular flexibility index (Phi) is 7.24. The number of carbonyl (C=O) groups is 3. The normalized spacial score (nSPS) is 39.3. The molecule has 1 aliphatic heterocycles. The molecule has 4 aliphatic rings. The van der Waals surface area contributed by atoms with Crippen molar-refractivity contribution >= 4 is 17.5 Å². The number of rotatable bonds is 7. The lowest BCUT2D eigenvalue weighted by Gasteiger charge is -2.55. The number of aliphatic hydroxyl groups excluding tert-OH is 2. The number of fused-ring (bicyclic) bond motifs is 4. The Morgan fingerprint density at radius 2 is 1.81 bits per heavy atom. The van der Waals surface area contributed by atoms with Crippen molar-refractivity contribution in [2.75, 3.05) is 47.9 Å².